The number of hydrogen-bond acceptors (Lipinski definition) is 4. The van der Waals surface area contributed by atoms with Crippen molar-refractivity contribution in [2.75, 3.05) is 20.2 Å². The first-order valence-electron chi connectivity index (χ1n) is 9.86. The van der Waals surface area contributed by atoms with Crippen molar-refractivity contribution >= 4 is 5.91 Å². The van der Waals surface area contributed by atoms with E-state index < -0.39 is 0 Å². The van der Waals surface area contributed by atoms with Crippen LogP contribution in [0.5, 0.6) is 5.75 Å². The molecule has 144 valence electrons. The molecule has 6 nitrogen and oxygen atoms in total. The molecular formula is C21H28N4O2. The van der Waals surface area contributed by atoms with Crippen molar-refractivity contribution in [2.45, 2.75) is 44.7 Å². The summed E-state index contributed by atoms with van der Waals surface area (Å²) in [5, 5.41) is 8.25. The first-order valence-corrected chi connectivity index (χ1v) is 9.86. The van der Waals surface area contributed by atoms with E-state index in [2.05, 4.69) is 22.5 Å². The van der Waals surface area contributed by atoms with Gasteiger partial charge in [0.25, 0.3) is 5.91 Å². The zero-order valence-corrected chi connectivity index (χ0v) is 16.2. The van der Waals surface area contributed by atoms with Crippen LogP contribution >= 0.6 is 0 Å². The Morgan fingerprint density at radius 2 is 2.00 bits per heavy atom. The summed E-state index contributed by atoms with van der Waals surface area (Å²) in [5.41, 5.74) is 4.28. The van der Waals surface area contributed by atoms with Gasteiger partial charge in [0.1, 0.15) is 5.75 Å². The van der Waals surface area contributed by atoms with Crippen LogP contribution in [0.2, 0.25) is 0 Å². The van der Waals surface area contributed by atoms with Gasteiger partial charge in [-0.3, -0.25) is 9.48 Å². The van der Waals surface area contributed by atoms with Crippen LogP contribution in [-0.2, 0) is 26.4 Å². The Bertz CT molecular complexity index is 806. The summed E-state index contributed by atoms with van der Waals surface area (Å²) in [4.78, 5) is 14.9. The molecule has 0 saturated carbocycles. The lowest BCUT2D eigenvalue weighted by molar-refractivity contribution is 0.0785. The smallest absolute Gasteiger partial charge is 0.274 e. The van der Waals surface area contributed by atoms with Crippen molar-refractivity contribution in [3.05, 3.63) is 46.8 Å². The van der Waals surface area contributed by atoms with Crippen LogP contribution in [0.4, 0.5) is 0 Å². The normalized spacial score (nSPS) is 19.2. The average molecular weight is 368 g/mol. The van der Waals surface area contributed by atoms with Gasteiger partial charge in [0.2, 0.25) is 0 Å². The minimum atomic E-state index is 0.111. The average Bonchev–Trinajstić information content (AvgIpc) is 3.35. The van der Waals surface area contributed by atoms with E-state index in [1.54, 1.807) is 7.11 Å². The third-order valence-electron chi connectivity index (χ3n) is 5.80. The Kier molecular flexibility index (Phi) is 5.16. The summed E-state index contributed by atoms with van der Waals surface area (Å²) < 4.78 is 7.13. The lowest BCUT2D eigenvalue weighted by Crippen LogP contribution is -2.35. The molecule has 1 aromatic carbocycles. The van der Waals surface area contributed by atoms with E-state index in [4.69, 9.17) is 4.74 Å². The second-order valence-electron chi connectivity index (χ2n) is 7.57. The van der Waals surface area contributed by atoms with E-state index in [0.29, 0.717) is 11.7 Å². The van der Waals surface area contributed by atoms with Crippen LogP contribution in [0.15, 0.2) is 24.3 Å². The van der Waals surface area contributed by atoms with E-state index >= 15 is 0 Å². The van der Waals surface area contributed by atoms with Crippen LogP contribution in [0.1, 0.15) is 46.6 Å². The number of aryl methyl sites for hydroxylation is 1. The predicted molar refractivity (Wildman–Crippen MR) is 104 cm³/mol. The third-order valence-corrected chi connectivity index (χ3v) is 5.80. The highest BCUT2D eigenvalue weighted by molar-refractivity contribution is 5.94. The van der Waals surface area contributed by atoms with Gasteiger partial charge in [-0.25, -0.2) is 0 Å². The summed E-state index contributed by atoms with van der Waals surface area (Å²) >= 11 is 0. The monoisotopic (exact) mass is 368 g/mol. The van der Waals surface area contributed by atoms with Gasteiger partial charge in [-0.15, -0.1) is 0 Å². The molecule has 4 rings (SSSR count). The molecule has 0 radical (unpaired) electrons. The van der Waals surface area contributed by atoms with E-state index in [0.717, 1.165) is 63.1 Å². The number of carbonyl (C=O) groups is 1. The molecule has 2 heterocycles. The third kappa shape index (κ3) is 3.72. The van der Waals surface area contributed by atoms with Crippen molar-refractivity contribution in [3.8, 4) is 5.75 Å². The van der Waals surface area contributed by atoms with Gasteiger partial charge < -0.3 is 15.0 Å². The molecule has 1 fully saturated rings. The van der Waals surface area contributed by atoms with Crippen molar-refractivity contribution in [1.82, 2.24) is 20.0 Å². The largest absolute Gasteiger partial charge is 0.497 e. The second kappa shape index (κ2) is 7.72. The van der Waals surface area contributed by atoms with Crippen LogP contribution < -0.4 is 10.1 Å². The highest BCUT2D eigenvalue weighted by atomic mass is 16.5. The number of nitrogens with zero attached hydrogens (tertiary/aromatic N) is 3. The Labute approximate surface area is 160 Å². The molecule has 27 heavy (non-hydrogen) atoms. The Morgan fingerprint density at radius 3 is 2.70 bits per heavy atom. The number of benzene rings is 1. The topological polar surface area (TPSA) is 59.4 Å². The molecule has 1 aliphatic heterocycles. The van der Waals surface area contributed by atoms with E-state index in [9.17, 15) is 4.79 Å². The van der Waals surface area contributed by atoms with Gasteiger partial charge in [-0.1, -0.05) is 12.1 Å². The number of fused-ring (bicyclic) bond motifs is 1. The molecule has 1 N–H and O–H groups in total. The van der Waals surface area contributed by atoms with Gasteiger partial charge in [-0.05, 0) is 49.8 Å². The fourth-order valence-corrected chi connectivity index (χ4v) is 4.21. The number of ether oxygens (including phenoxy) is 1. The number of amides is 1. The maximum atomic E-state index is 12.9. The second-order valence-corrected chi connectivity index (χ2v) is 7.57. The standard InChI is InChI=1S/C21H28N4O2/c1-24-19-10-7-16(22-14-15-5-8-17(27-2)9-6-15)13-18(19)20(23-24)21(26)25-11-3-4-12-25/h5-6,8-9,16,22H,3-4,7,10-14H2,1-2H3/t16-/m1/s1. The molecule has 0 spiro atoms. The molecular weight excluding hydrogens is 340 g/mol. The maximum absolute atomic E-state index is 12.9. The molecule has 0 unspecified atom stereocenters. The van der Waals surface area contributed by atoms with Crippen LogP contribution in [0.25, 0.3) is 0 Å². The van der Waals surface area contributed by atoms with Crippen LogP contribution in [-0.4, -0.2) is 46.8 Å². The van der Waals surface area contributed by atoms with Crippen molar-refractivity contribution < 1.29 is 9.53 Å². The number of hydrogen-bond donors (Lipinski definition) is 1. The van der Waals surface area contributed by atoms with Crippen LogP contribution in [0, 0.1) is 0 Å². The Hall–Kier alpha value is -2.34. The quantitative estimate of drug-likeness (QED) is 0.880. The molecule has 1 saturated heterocycles. The molecule has 1 aromatic heterocycles. The molecule has 2 aliphatic rings. The van der Waals surface area contributed by atoms with Gasteiger partial charge in [-0.2, -0.15) is 5.10 Å². The van der Waals surface area contributed by atoms with Crippen LogP contribution in [0.3, 0.4) is 0 Å². The summed E-state index contributed by atoms with van der Waals surface area (Å²) in [5.74, 6) is 0.988. The fraction of sp³-hybridized carbons (Fsp3) is 0.524. The summed E-state index contributed by atoms with van der Waals surface area (Å²) in [6, 6.07) is 8.53. The summed E-state index contributed by atoms with van der Waals surface area (Å²) in [6.07, 6.45) is 5.11. The minimum absolute atomic E-state index is 0.111. The predicted octanol–water partition coefficient (Wildman–Crippen LogP) is 2.31. The Morgan fingerprint density at radius 1 is 1.26 bits per heavy atom. The molecule has 6 heteroatoms. The van der Waals surface area contributed by atoms with Crippen molar-refractivity contribution in [3.63, 3.8) is 0 Å². The molecule has 2 aromatic rings. The van der Waals surface area contributed by atoms with Gasteiger partial charge in [0.15, 0.2) is 5.69 Å². The van der Waals surface area contributed by atoms with Gasteiger partial charge >= 0.3 is 0 Å². The minimum Gasteiger partial charge on any atom is -0.497 e. The molecule has 1 atom stereocenters. The van der Waals surface area contributed by atoms with E-state index in [1.165, 1.54) is 11.3 Å². The number of likely N-dealkylation sites (tertiary alicyclic amines) is 1. The zero-order valence-electron chi connectivity index (χ0n) is 16.2. The number of rotatable bonds is 5. The van der Waals surface area contributed by atoms with Crippen molar-refractivity contribution in [2.24, 2.45) is 7.05 Å². The maximum Gasteiger partial charge on any atom is 0.274 e. The first-order chi connectivity index (χ1) is 13.2. The number of carbonyl (C=O) groups excluding carboxylic acids is 1. The van der Waals surface area contributed by atoms with Gasteiger partial charge in [0, 0.05) is 44.0 Å². The highest BCUT2D eigenvalue weighted by Crippen LogP contribution is 2.26. The van der Waals surface area contributed by atoms with Gasteiger partial charge in [0.05, 0.1) is 7.11 Å². The zero-order chi connectivity index (χ0) is 18.8. The lowest BCUT2D eigenvalue weighted by Gasteiger charge is -2.25. The van der Waals surface area contributed by atoms with E-state index in [-0.39, 0.29) is 5.91 Å². The molecule has 1 aliphatic carbocycles. The summed E-state index contributed by atoms with van der Waals surface area (Å²) in [7, 11) is 3.65. The van der Waals surface area contributed by atoms with Crippen molar-refractivity contribution in [1.29, 1.82) is 0 Å². The number of aromatic nitrogens is 2. The molecule has 1 amide bonds. The highest BCUT2D eigenvalue weighted by Gasteiger charge is 2.31. The number of nitrogens with one attached hydrogen (secondary N) is 1. The number of methoxy groups -OCH3 is 1. The first kappa shape index (κ1) is 18.0. The van der Waals surface area contributed by atoms with E-state index in [1.807, 2.05) is 28.8 Å². The fourth-order valence-electron chi connectivity index (χ4n) is 4.21. The SMILES string of the molecule is COc1ccc(CN[C@@H]2CCc3c(c(C(=O)N4CCCC4)nn3C)C2)cc1. The lowest BCUT2D eigenvalue weighted by atomic mass is 9.91. The summed E-state index contributed by atoms with van der Waals surface area (Å²) in [6.45, 7) is 2.55. The Balaban J connectivity index is 1.44. The molecule has 0 bridgehead atoms.